The second kappa shape index (κ2) is 7.32. The number of halogens is 1. The average molecular weight is 308 g/mol. The Kier molecular flexibility index (Phi) is 6.03. The van der Waals surface area contributed by atoms with Crippen LogP contribution in [-0.4, -0.2) is 60.4 Å². The van der Waals surface area contributed by atoms with Crippen LogP contribution in [0.2, 0.25) is 0 Å². The van der Waals surface area contributed by atoms with Crippen molar-refractivity contribution in [2.45, 2.75) is 51.5 Å². The highest BCUT2D eigenvalue weighted by molar-refractivity contribution is 5.67. The van der Waals surface area contributed by atoms with Gasteiger partial charge in [-0.25, -0.2) is 4.39 Å². The maximum absolute atomic E-state index is 14.3. The average Bonchev–Trinajstić information content (AvgIpc) is 2.35. The third-order valence-electron chi connectivity index (χ3n) is 2.64. The number of ether oxygens (including phenoxy) is 4. The first-order chi connectivity index (χ1) is 9.72. The normalized spacial score (nSPS) is 32.1. The zero-order valence-corrected chi connectivity index (χ0v) is 11.8. The lowest BCUT2D eigenvalue weighted by Crippen LogP contribution is -2.59. The summed E-state index contributed by atoms with van der Waals surface area (Å²) in [6.07, 6.45) is -8.07. The maximum Gasteiger partial charge on any atom is 0.303 e. The molecular weight excluding hydrogens is 291 g/mol. The second-order valence-electron chi connectivity index (χ2n) is 4.46. The largest absolute Gasteiger partial charge is 0.463 e. The predicted octanol–water partition coefficient (Wildman–Crippen LogP) is -0.532. The van der Waals surface area contributed by atoms with Crippen LogP contribution in [0.3, 0.4) is 0 Å². The van der Waals surface area contributed by atoms with Gasteiger partial charge < -0.3 is 24.1 Å². The van der Waals surface area contributed by atoms with Crippen LogP contribution in [0, 0.1) is 0 Å². The van der Waals surface area contributed by atoms with Crippen LogP contribution in [0.5, 0.6) is 0 Å². The van der Waals surface area contributed by atoms with Crippen molar-refractivity contribution < 1.29 is 42.8 Å². The molecule has 0 aromatic rings. The Morgan fingerprint density at radius 2 is 1.57 bits per heavy atom. The standard InChI is InChI=1S/C12H17FO8/c1-5(14)18-4-8-9(13)10(19-6(2)15)11(12(17)21-8)20-7(3)16/h8-12,17H,4H2,1-3H3/t8-,9-,10+,11-,12?/m1/s1. The first kappa shape index (κ1) is 17.3. The minimum Gasteiger partial charge on any atom is -0.463 e. The zero-order valence-electron chi connectivity index (χ0n) is 11.8. The van der Waals surface area contributed by atoms with Crippen molar-refractivity contribution >= 4 is 17.9 Å². The van der Waals surface area contributed by atoms with Crippen molar-refractivity contribution in [3.63, 3.8) is 0 Å². The zero-order chi connectivity index (χ0) is 16.2. The van der Waals surface area contributed by atoms with E-state index in [1.54, 1.807) is 0 Å². The summed E-state index contributed by atoms with van der Waals surface area (Å²) in [5, 5.41) is 9.76. The predicted molar refractivity (Wildman–Crippen MR) is 63.5 cm³/mol. The number of carbonyl (C=O) groups is 3. The molecule has 9 heteroatoms. The van der Waals surface area contributed by atoms with Crippen molar-refractivity contribution in [2.24, 2.45) is 0 Å². The molecular formula is C12H17FO8. The van der Waals surface area contributed by atoms with E-state index in [1.165, 1.54) is 0 Å². The van der Waals surface area contributed by atoms with Gasteiger partial charge in [0.05, 0.1) is 0 Å². The van der Waals surface area contributed by atoms with Gasteiger partial charge in [-0.15, -0.1) is 0 Å². The number of alkyl halides is 1. The van der Waals surface area contributed by atoms with E-state index in [1.807, 2.05) is 0 Å². The summed E-state index contributed by atoms with van der Waals surface area (Å²) in [6, 6.07) is 0. The number of carbonyl (C=O) groups excluding carboxylic acids is 3. The molecule has 1 saturated heterocycles. The molecule has 0 aliphatic carbocycles. The summed E-state index contributed by atoms with van der Waals surface area (Å²) in [5.41, 5.74) is 0. The minimum atomic E-state index is -1.94. The molecule has 5 atom stereocenters. The lowest BCUT2D eigenvalue weighted by atomic mass is 10.00. The van der Waals surface area contributed by atoms with Gasteiger partial charge in [0.15, 0.2) is 24.7 Å². The van der Waals surface area contributed by atoms with E-state index in [4.69, 9.17) is 14.2 Å². The minimum absolute atomic E-state index is 0.474. The summed E-state index contributed by atoms with van der Waals surface area (Å²) in [5.74, 6) is -2.28. The van der Waals surface area contributed by atoms with Crippen LogP contribution in [0.15, 0.2) is 0 Å². The molecule has 8 nitrogen and oxygen atoms in total. The summed E-state index contributed by atoms with van der Waals surface area (Å²) in [4.78, 5) is 32.7. The fourth-order valence-electron chi connectivity index (χ4n) is 1.86. The van der Waals surface area contributed by atoms with E-state index < -0.39 is 55.3 Å². The van der Waals surface area contributed by atoms with Gasteiger partial charge in [0.1, 0.15) is 12.7 Å². The van der Waals surface area contributed by atoms with Crippen molar-refractivity contribution in [3.8, 4) is 0 Å². The van der Waals surface area contributed by atoms with Crippen LogP contribution >= 0.6 is 0 Å². The monoisotopic (exact) mass is 308 g/mol. The smallest absolute Gasteiger partial charge is 0.303 e. The molecule has 21 heavy (non-hydrogen) atoms. The molecule has 120 valence electrons. The van der Waals surface area contributed by atoms with Gasteiger partial charge >= 0.3 is 17.9 Å². The summed E-state index contributed by atoms with van der Waals surface area (Å²) < 4.78 is 33.3. The van der Waals surface area contributed by atoms with E-state index >= 15 is 0 Å². The van der Waals surface area contributed by atoms with Gasteiger partial charge in [-0.2, -0.15) is 0 Å². The Hall–Kier alpha value is -1.74. The molecule has 0 radical (unpaired) electrons. The Morgan fingerprint density at radius 1 is 1.05 bits per heavy atom. The molecule has 1 aliphatic heterocycles. The van der Waals surface area contributed by atoms with E-state index in [0.717, 1.165) is 20.8 Å². The highest BCUT2D eigenvalue weighted by Crippen LogP contribution is 2.27. The summed E-state index contributed by atoms with van der Waals surface area (Å²) in [7, 11) is 0. The second-order valence-corrected chi connectivity index (χ2v) is 4.46. The first-order valence-electron chi connectivity index (χ1n) is 6.17. The van der Waals surface area contributed by atoms with Gasteiger partial charge in [0.25, 0.3) is 0 Å². The maximum atomic E-state index is 14.3. The van der Waals surface area contributed by atoms with Crippen LogP contribution in [0.1, 0.15) is 20.8 Å². The number of aliphatic hydroxyl groups is 1. The molecule has 1 heterocycles. The molecule has 1 fully saturated rings. The fourth-order valence-corrected chi connectivity index (χ4v) is 1.86. The van der Waals surface area contributed by atoms with Crippen LogP contribution in [-0.2, 0) is 33.3 Å². The van der Waals surface area contributed by atoms with Gasteiger partial charge in [-0.05, 0) is 0 Å². The molecule has 0 amide bonds. The van der Waals surface area contributed by atoms with Gasteiger partial charge in [-0.3, -0.25) is 14.4 Å². The Bertz CT molecular complexity index is 412. The number of hydrogen-bond donors (Lipinski definition) is 1. The van der Waals surface area contributed by atoms with E-state index in [0.29, 0.717) is 0 Å². The molecule has 0 spiro atoms. The molecule has 0 saturated carbocycles. The quantitative estimate of drug-likeness (QED) is 0.545. The SMILES string of the molecule is CC(=O)OC[C@H]1OC(O)[C@H](OC(C)=O)[C@@H](OC(C)=O)[C@@H]1F. The van der Waals surface area contributed by atoms with Crippen molar-refractivity contribution in [1.29, 1.82) is 0 Å². The topological polar surface area (TPSA) is 108 Å². The first-order valence-corrected chi connectivity index (χ1v) is 6.17. The number of aliphatic hydroxyl groups excluding tert-OH is 1. The lowest BCUT2D eigenvalue weighted by molar-refractivity contribution is -0.283. The summed E-state index contributed by atoms with van der Waals surface area (Å²) in [6.45, 7) is 2.74. The van der Waals surface area contributed by atoms with E-state index in [9.17, 15) is 23.9 Å². The third kappa shape index (κ3) is 4.94. The summed E-state index contributed by atoms with van der Waals surface area (Å²) >= 11 is 0. The fraction of sp³-hybridized carbons (Fsp3) is 0.750. The third-order valence-corrected chi connectivity index (χ3v) is 2.64. The number of rotatable bonds is 4. The Labute approximate surface area is 120 Å². The van der Waals surface area contributed by atoms with Crippen LogP contribution in [0.25, 0.3) is 0 Å². The van der Waals surface area contributed by atoms with Gasteiger partial charge in [-0.1, -0.05) is 0 Å². The van der Waals surface area contributed by atoms with Crippen molar-refractivity contribution in [3.05, 3.63) is 0 Å². The highest BCUT2D eigenvalue weighted by Gasteiger charge is 2.50. The van der Waals surface area contributed by atoms with Crippen LogP contribution in [0.4, 0.5) is 4.39 Å². The molecule has 0 aromatic carbocycles. The van der Waals surface area contributed by atoms with E-state index in [2.05, 4.69) is 4.74 Å². The van der Waals surface area contributed by atoms with Gasteiger partial charge in [0.2, 0.25) is 0 Å². The lowest BCUT2D eigenvalue weighted by Gasteiger charge is -2.39. The van der Waals surface area contributed by atoms with Crippen molar-refractivity contribution in [1.82, 2.24) is 0 Å². The number of hydrogen-bond acceptors (Lipinski definition) is 8. The number of esters is 3. The molecule has 1 unspecified atom stereocenters. The Morgan fingerprint density at radius 3 is 2.05 bits per heavy atom. The molecule has 0 bridgehead atoms. The van der Waals surface area contributed by atoms with Gasteiger partial charge in [0, 0.05) is 20.8 Å². The molecule has 1 rings (SSSR count). The molecule has 1 aliphatic rings. The highest BCUT2D eigenvalue weighted by atomic mass is 19.1. The molecule has 0 aromatic heterocycles. The van der Waals surface area contributed by atoms with E-state index in [-0.39, 0.29) is 0 Å². The van der Waals surface area contributed by atoms with Crippen molar-refractivity contribution in [2.75, 3.05) is 6.61 Å². The Balaban J connectivity index is 2.87. The van der Waals surface area contributed by atoms with Crippen LogP contribution < -0.4 is 0 Å². The molecule has 1 N–H and O–H groups in total.